The number of amides is 1. The number of nitrogens with one attached hydrogen (secondary N) is 2. The number of carbonyl (C=O) groups is 2. The average Bonchev–Trinajstić information content (AvgIpc) is 3.69. The molecular weight excluding hydrogens is 450 g/mol. The number of aromatic amines is 1. The van der Waals surface area contributed by atoms with E-state index in [1.807, 2.05) is 42.3 Å². The van der Waals surface area contributed by atoms with Crippen LogP contribution in [0.25, 0.3) is 21.6 Å². The summed E-state index contributed by atoms with van der Waals surface area (Å²) < 4.78 is 5.44. The molecule has 1 fully saturated rings. The van der Waals surface area contributed by atoms with Crippen LogP contribution in [0.3, 0.4) is 0 Å². The first-order valence-corrected chi connectivity index (χ1v) is 12.2. The zero-order valence-electron chi connectivity index (χ0n) is 18.8. The number of ether oxygens (including phenoxy) is 1. The zero-order chi connectivity index (χ0) is 23.5. The van der Waals surface area contributed by atoms with Crippen molar-refractivity contribution in [2.45, 2.75) is 19.3 Å². The van der Waals surface area contributed by atoms with Gasteiger partial charge in [0, 0.05) is 43.1 Å². The number of hydrogen-bond donors (Lipinski definition) is 2. The molecule has 0 atom stereocenters. The van der Waals surface area contributed by atoms with Crippen LogP contribution in [0.2, 0.25) is 0 Å². The van der Waals surface area contributed by atoms with Crippen molar-refractivity contribution in [3.05, 3.63) is 58.6 Å². The van der Waals surface area contributed by atoms with Crippen LogP contribution in [0, 0.1) is 0 Å². The SMILES string of the molecule is CNc1nc2ccc(C(=O)N3CCCC3)cc2[nH]1.O=Cc1csc(-c2ccc3c(c2)CCO3)n1. The maximum absolute atomic E-state index is 12.2. The minimum Gasteiger partial charge on any atom is -0.493 e. The van der Waals surface area contributed by atoms with Gasteiger partial charge in [-0.3, -0.25) is 9.59 Å². The minimum atomic E-state index is 0.120. The van der Waals surface area contributed by atoms with Crippen molar-refractivity contribution in [3.8, 4) is 16.3 Å². The Morgan fingerprint density at radius 2 is 2.03 bits per heavy atom. The van der Waals surface area contributed by atoms with E-state index in [2.05, 4.69) is 26.3 Å². The Bertz CT molecular complexity index is 1340. The molecule has 1 amide bonds. The fourth-order valence-corrected chi connectivity index (χ4v) is 4.92. The molecule has 2 N–H and O–H groups in total. The number of imidazole rings is 1. The third kappa shape index (κ3) is 4.51. The standard InChI is InChI=1S/C13H16N4O.C12H9NO2S/c1-14-13-15-10-5-4-9(8-11(10)16-13)12(18)17-6-2-3-7-17;14-6-10-7-16-12(13-10)9-1-2-11-8(5-9)3-4-15-11/h4-5,8H,2-3,6-7H2,1H3,(H2,14,15,16);1-2,5-7H,3-4H2. The number of rotatable bonds is 4. The lowest BCUT2D eigenvalue weighted by atomic mass is 10.1. The number of aldehydes is 1. The number of anilines is 1. The van der Waals surface area contributed by atoms with E-state index in [1.54, 1.807) is 5.38 Å². The summed E-state index contributed by atoms with van der Waals surface area (Å²) in [5, 5.41) is 5.61. The fraction of sp³-hybridized carbons (Fsp3) is 0.280. The molecule has 6 rings (SSSR count). The summed E-state index contributed by atoms with van der Waals surface area (Å²) in [5.74, 6) is 1.81. The van der Waals surface area contributed by atoms with E-state index in [0.717, 1.165) is 84.1 Å². The Kier molecular flexibility index (Phi) is 6.27. The number of aromatic nitrogens is 3. The number of H-pyrrole nitrogens is 1. The van der Waals surface area contributed by atoms with Gasteiger partial charge in [-0.2, -0.15) is 0 Å². The Hall–Kier alpha value is -3.72. The van der Waals surface area contributed by atoms with Gasteiger partial charge in [-0.25, -0.2) is 9.97 Å². The molecule has 4 aromatic rings. The van der Waals surface area contributed by atoms with Gasteiger partial charge in [-0.15, -0.1) is 11.3 Å². The van der Waals surface area contributed by atoms with Crippen LogP contribution in [0.1, 0.15) is 39.3 Å². The fourth-order valence-electron chi connectivity index (χ4n) is 4.16. The molecule has 4 heterocycles. The molecule has 0 aliphatic carbocycles. The van der Waals surface area contributed by atoms with Crippen LogP contribution in [0.4, 0.5) is 5.95 Å². The third-order valence-electron chi connectivity index (χ3n) is 5.94. The van der Waals surface area contributed by atoms with Gasteiger partial charge >= 0.3 is 0 Å². The van der Waals surface area contributed by atoms with Crippen LogP contribution in [0.15, 0.2) is 41.8 Å². The molecule has 174 valence electrons. The van der Waals surface area contributed by atoms with Gasteiger partial charge in [0.25, 0.3) is 5.91 Å². The summed E-state index contributed by atoms with van der Waals surface area (Å²) in [6.07, 6.45) is 3.95. The van der Waals surface area contributed by atoms with E-state index in [4.69, 9.17) is 4.74 Å². The molecule has 1 saturated heterocycles. The number of hydrogen-bond acceptors (Lipinski definition) is 7. The molecule has 2 aromatic carbocycles. The molecule has 0 spiro atoms. The first-order chi connectivity index (χ1) is 16.6. The molecule has 2 aliphatic rings. The predicted molar refractivity (Wildman–Crippen MR) is 133 cm³/mol. The van der Waals surface area contributed by atoms with Crippen molar-refractivity contribution >= 4 is 40.5 Å². The lowest BCUT2D eigenvalue weighted by Crippen LogP contribution is -2.27. The first kappa shape index (κ1) is 22.1. The van der Waals surface area contributed by atoms with Gasteiger partial charge in [0.1, 0.15) is 16.5 Å². The molecule has 2 aromatic heterocycles. The summed E-state index contributed by atoms with van der Waals surface area (Å²) in [6, 6.07) is 11.7. The summed E-state index contributed by atoms with van der Waals surface area (Å²) in [7, 11) is 1.81. The third-order valence-corrected chi connectivity index (χ3v) is 6.85. The maximum Gasteiger partial charge on any atom is 0.253 e. The molecule has 2 aliphatic heterocycles. The Labute approximate surface area is 201 Å². The normalized spacial score (nSPS) is 14.3. The quantitative estimate of drug-likeness (QED) is 0.425. The van der Waals surface area contributed by atoms with Gasteiger partial charge in [0.2, 0.25) is 5.95 Å². The zero-order valence-corrected chi connectivity index (χ0v) is 19.7. The van der Waals surface area contributed by atoms with Crippen molar-refractivity contribution in [3.63, 3.8) is 0 Å². The Morgan fingerprint density at radius 3 is 2.79 bits per heavy atom. The molecular formula is C25H25N5O3S. The van der Waals surface area contributed by atoms with Gasteiger partial charge in [0.05, 0.1) is 17.6 Å². The van der Waals surface area contributed by atoms with E-state index >= 15 is 0 Å². The second-order valence-electron chi connectivity index (χ2n) is 8.18. The van der Waals surface area contributed by atoms with E-state index in [0.29, 0.717) is 5.69 Å². The average molecular weight is 476 g/mol. The Balaban J connectivity index is 0.000000142. The number of fused-ring (bicyclic) bond motifs is 2. The van der Waals surface area contributed by atoms with E-state index in [1.165, 1.54) is 16.9 Å². The summed E-state index contributed by atoms with van der Waals surface area (Å²) in [4.78, 5) is 36.4. The van der Waals surface area contributed by atoms with Crippen LogP contribution in [-0.2, 0) is 6.42 Å². The van der Waals surface area contributed by atoms with Gasteiger partial charge in [-0.05, 0) is 54.8 Å². The number of carbonyl (C=O) groups excluding carboxylic acids is 2. The monoisotopic (exact) mass is 475 g/mol. The second-order valence-corrected chi connectivity index (χ2v) is 9.04. The number of benzene rings is 2. The van der Waals surface area contributed by atoms with Crippen molar-refractivity contribution in [1.29, 1.82) is 0 Å². The maximum atomic E-state index is 12.2. The van der Waals surface area contributed by atoms with Crippen LogP contribution in [0.5, 0.6) is 5.75 Å². The van der Waals surface area contributed by atoms with Crippen molar-refractivity contribution < 1.29 is 14.3 Å². The molecule has 0 saturated carbocycles. The lowest BCUT2D eigenvalue weighted by Gasteiger charge is -2.14. The van der Waals surface area contributed by atoms with Gasteiger partial charge < -0.3 is 19.9 Å². The molecule has 34 heavy (non-hydrogen) atoms. The second kappa shape index (κ2) is 9.64. The molecule has 0 radical (unpaired) electrons. The number of thiazole rings is 1. The first-order valence-electron chi connectivity index (χ1n) is 11.3. The minimum absolute atomic E-state index is 0.120. The van der Waals surface area contributed by atoms with Crippen molar-refractivity contribution in [2.24, 2.45) is 0 Å². The molecule has 0 unspecified atom stereocenters. The topological polar surface area (TPSA) is 100 Å². The summed E-state index contributed by atoms with van der Waals surface area (Å²) >= 11 is 1.49. The van der Waals surface area contributed by atoms with E-state index < -0.39 is 0 Å². The highest BCUT2D eigenvalue weighted by Gasteiger charge is 2.20. The summed E-state index contributed by atoms with van der Waals surface area (Å²) in [6.45, 7) is 2.51. The highest BCUT2D eigenvalue weighted by Crippen LogP contribution is 2.31. The smallest absolute Gasteiger partial charge is 0.253 e. The largest absolute Gasteiger partial charge is 0.493 e. The summed E-state index contributed by atoms with van der Waals surface area (Å²) in [5.41, 5.74) is 5.27. The lowest BCUT2D eigenvalue weighted by molar-refractivity contribution is 0.0793. The molecule has 8 nitrogen and oxygen atoms in total. The Morgan fingerprint density at radius 1 is 1.18 bits per heavy atom. The van der Waals surface area contributed by atoms with E-state index in [9.17, 15) is 9.59 Å². The highest BCUT2D eigenvalue weighted by atomic mass is 32.1. The van der Waals surface area contributed by atoms with Crippen LogP contribution in [-0.4, -0.2) is 58.8 Å². The van der Waals surface area contributed by atoms with Crippen LogP contribution < -0.4 is 10.1 Å². The van der Waals surface area contributed by atoms with E-state index in [-0.39, 0.29) is 5.91 Å². The highest BCUT2D eigenvalue weighted by molar-refractivity contribution is 7.13. The predicted octanol–water partition coefficient (Wildman–Crippen LogP) is 4.40. The van der Waals surface area contributed by atoms with Crippen molar-refractivity contribution in [2.75, 3.05) is 32.1 Å². The molecule has 0 bridgehead atoms. The van der Waals surface area contributed by atoms with Crippen LogP contribution >= 0.6 is 11.3 Å². The number of likely N-dealkylation sites (tertiary alicyclic amines) is 1. The number of nitrogens with zero attached hydrogens (tertiary/aromatic N) is 3. The van der Waals surface area contributed by atoms with Crippen molar-refractivity contribution in [1.82, 2.24) is 19.9 Å². The molecule has 9 heteroatoms. The van der Waals surface area contributed by atoms with Gasteiger partial charge in [0.15, 0.2) is 6.29 Å². The van der Waals surface area contributed by atoms with Gasteiger partial charge in [-0.1, -0.05) is 0 Å².